The second-order valence-electron chi connectivity index (χ2n) is 2.20. The molecule has 0 radical (unpaired) electrons. The molecular formula is C9H6N2O. The van der Waals surface area contributed by atoms with E-state index in [1.54, 1.807) is 37.3 Å². The number of nitrogens with zero attached hydrogens (tertiary/aromatic N) is 2. The van der Waals surface area contributed by atoms with Crippen LogP contribution in [-0.4, -0.2) is 0 Å². The van der Waals surface area contributed by atoms with Crippen LogP contribution < -0.4 is 0 Å². The van der Waals surface area contributed by atoms with E-state index in [1.807, 2.05) is 0 Å². The van der Waals surface area contributed by atoms with Crippen molar-refractivity contribution in [1.82, 2.24) is 0 Å². The van der Waals surface area contributed by atoms with Crippen LogP contribution in [0.25, 0.3) is 0 Å². The van der Waals surface area contributed by atoms with E-state index < -0.39 is 0 Å². The zero-order valence-electron chi connectivity index (χ0n) is 6.53. The Hall–Kier alpha value is -2.00. The van der Waals surface area contributed by atoms with Crippen molar-refractivity contribution in [2.24, 2.45) is 0 Å². The molecule has 0 amide bonds. The summed E-state index contributed by atoms with van der Waals surface area (Å²) in [4.78, 5) is 0. The minimum absolute atomic E-state index is 0.00120. The van der Waals surface area contributed by atoms with Crippen LogP contribution in [0, 0.1) is 22.7 Å². The maximum atomic E-state index is 8.50. The Kier molecular flexibility index (Phi) is 2.30. The molecule has 1 aliphatic heterocycles. The van der Waals surface area contributed by atoms with Gasteiger partial charge in [0.05, 0.1) is 0 Å². The fourth-order valence-corrected chi connectivity index (χ4v) is 0.782. The Labute approximate surface area is 70.5 Å². The summed E-state index contributed by atoms with van der Waals surface area (Å²) in [6.45, 7) is 1.76. The zero-order chi connectivity index (χ0) is 8.97. The fraction of sp³-hybridized carbons (Fsp3) is 0.111. The Balaban J connectivity index is 3.03. The van der Waals surface area contributed by atoms with Gasteiger partial charge in [0.1, 0.15) is 17.9 Å². The summed E-state index contributed by atoms with van der Waals surface area (Å²) >= 11 is 0. The summed E-state index contributed by atoms with van der Waals surface area (Å²) in [6, 6.07) is 3.51. The molecule has 3 heteroatoms. The molecule has 0 bridgehead atoms. The highest BCUT2D eigenvalue weighted by Gasteiger charge is 2.07. The van der Waals surface area contributed by atoms with Gasteiger partial charge >= 0.3 is 0 Å². The van der Waals surface area contributed by atoms with Gasteiger partial charge in [-0.2, -0.15) is 10.5 Å². The largest absolute Gasteiger partial charge is 0.460 e. The van der Waals surface area contributed by atoms with Gasteiger partial charge in [0.15, 0.2) is 11.3 Å². The number of nitriles is 2. The first-order valence-corrected chi connectivity index (χ1v) is 3.35. The third kappa shape index (κ3) is 1.53. The van der Waals surface area contributed by atoms with Gasteiger partial charge in [-0.3, -0.25) is 0 Å². The van der Waals surface area contributed by atoms with Crippen LogP contribution >= 0.6 is 0 Å². The Morgan fingerprint density at radius 1 is 1.42 bits per heavy atom. The molecule has 1 rings (SSSR count). The van der Waals surface area contributed by atoms with Gasteiger partial charge in [-0.25, -0.2) is 0 Å². The van der Waals surface area contributed by atoms with E-state index in [-0.39, 0.29) is 5.57 Å². The molecule has 58 valence electrons. The van der Waals surface area contributed by atoms with Gasteiger partial charge < -0.3 is 4.74 Å². The molecule has 0 aliphatic carbocycles. The van der Waals surface area contributed by atoms with E-state index in [0.29, 0.717) is 11.5 Å². The van der Waals surface area contributed by atoms with Crippen molar-refractivity contribution in [3.8, 4) is 12.1 Å². The van der Waals surface area contributed by atoms with Gasteiger partial charge in [0.2, 0.25) is 0 Å². The first-order valence-electron chi connectivity index (χ1n) is 3.35. The van der Waals surface area contributed by atoms with Gasteiger partial charge in [-0.1, -0.05) is 6.08 Å². The van der Waals surface area contributed by atoms with Crippen LogP contribution in [0.2, 0.25) is 0 Å². The molecule has 0 saturated heterocycles. The first kappa shape index (κ1) is 8.10. The third-order valence-corrected chi connectivity index (χ3v) is 1.32. The minimum atomic E-state index is -0.00120. The van der Waals surface area contributed by atoms with Crippen molar-refractivity contribution in [3.05, 3.63) is 35.3 Å². The normalized spacial score (nSPS) is 13.9. The number of ether oxygens (including phenoxy) is 1. The quantitative estimate of drug-likeness (QED) is 0.505. The van der Waals surface area contributed by atoms with Gasteiger partial charge in [0.25, 0.3) is 0 Å². The lowest BCUT2D eigenvalue weighted by Crippen LogP contribution is -1.94. The lowest BCUT2D eigenvalue weighted by atomic mass is 10.2. The van der Waals surface area contributed by atoms with Crippen molar-refractivity contribution >= 4 is 0 Å². The number of allylic oxidation sites excluding steroid dienone is 5. The predicted molar refractivity (Wildman–Crippen MR) is 42.2 cm³/mol. The van der Waals surface area contributed by atoms with Crippen molar-refractivity contribution in [3.63, 3.8) is 0 Å². The molecule has 0 atom stereocenters. The maximum Gasteiger partial charge on any atom is 0.172 e. The van der Waals surface area contributed by atoms with Crippen LogP contribution in [0.15, 0.2) is 35.3 Å². The summed E-state index contributed by atoms with van der Waals surface area (Å²) in [5.41, 5.74) is -0.00120. The smallest absolute Gasteiger partial charge is 0.172 e. The minimum Gasteiger partial charge on any atom is -0.460 e. The maximum absolute atomic E-state index is 8.50. The summed E-state index contributed by atoms with van der Waals surface area (Å²) in [5, 5.41) is 17.0. The topological polar surface area (TPSA) is 56.8 Å². The summed E-state index contributed by atoms with van der Waals surface area (Å²) < 4.78 is 5.14. The Morgan fingerprint density at radius 3 is 2.58 bits per heavy atom. The standard InChI is InChI=1S/C9H6N2O/c1-7-3-2-4-9(12-7)8(5-10)6-11/h2-4H,1H3. The molecule has 0 fully saturated rings. The third-order valence-electron chi connectivity index (χ3n) is 1.32. The molecular weight excluding hydrogens is 152 g/mol. The molecule has 1 aliphatic rings. The van der Waals surface area contributed by atoms with E-state index >= 15 is 0 Å². The van der Waals surface area contributed by atoms with Crippen LogP contribution in [0.3, 0.4) is 0 Å². The average Bonchev–Trinajstić information content (AvgIpc) is 2.07. The summed E-state index contributed by atoms with van der Waals surface area (Å²) in [5.74, 6) is 0.996. The van der Waals surface area contributed by atoms with Gasteiger partial charge in [-0.15, -0.1) is 0 Å². The lowest BCUT2D eigenvalue weighted by molar-refractivity contribution is 0.317. The van der Waals surface area contributed by atoms with E-state index in [9.17, 15) is 0 Å². The van der Waals surface area contributed by atoms with Crippen molar-refractivity contribution in [2.75, 3.05) is 0 Å². The molecule has 0 aromatic carbocycles. The van der Waals surface area contributed by atoms with Crippen molar-refractivity contribution < 1.29 is 4.74 Å². The SMILES string of the molecule is CC1=CC=CC(=C(C#N)C#N)O1. The van der Waals surface area contributed by atoms with Crippen molar-refractivity contribution in [2.45, 2.75) is 6.92 Å². The number of hydrogen-bond acceptors (Lipinski definition) is 3. The van der Waals surface area contributed by atoms with Crippen LogP contribution in [-0.2, 0) is 4.74 Å². The Morgan fingerprint density at radius 2 is 2.08 bits per heavy atom. The molecule has 1 heterocycles. The van der Waals surface area contributed by atoms with Gasteiger partial charge in [-0.05, 0) is 19.1 Å². The highest BCUT2D eigenvalue weighted by molar-refractivity contribution is 5.44. The molecule has 0 unspecified atom stereocenters. The number of rotatable bonds is 0. The monoisotopic (exact) mass is 158 g/mol. The number of hydrogen-bond donors (Lipinski definition) is 0. The summed E-state index contributed by atoms with van der Waals surface area (Å²) in [6.07, 6.45) is 5.09. The van der Waals surface area contributed by atoms with Crippen molar-refractivity contribution in [1.29, 1.82) is 10.5 Å². The molecule has 0 aromatic rings. The highest BCUT2D eigenvalue weighted by Crippen LogP contribution is 2.16. The molecule has 0 N–H and O–H groups in total. The molecule has 3 nitrogen and oxygen atoms in total. The van der Waals surface area contributed by atoms with Crippen LogP contribution in [0.4, 0.5) is 0 Å². The summed E-state index contributed by atoms with van der Waals surface area (Å²) in [7, 11) is 0. The van der Waals surface area contributed by atoms with Gasteiger partial charge in [0, 0.05) is 0 Å². The van der Waals surface area contributed by atoms with E-state index in [2.05, 4.69) is 0 Å². The molecule has 0 spiro atoms. The zero-order valence-corrected chi connectivity index (χ0v) is 6.53. The predicted octanol–water partition coefficient (Wildman–Crippen LogP) is 1.78. The van der Waals surface area contributed by atoms with E-state index in [1.165, 1.54) is 0 Å². The van der Waals surface area contributed by atoms with Crippen LogP contribution in [0.5, 0.6) is 0 Å². The highest BCUT2D eigenvalue weighted by atomic mass is 16.5. The fourth-order valence-electron chi connectivity index (χ4n) is 0.782. The van der Waals surface area contributed by atoms with E-state index in [4.69, 9.17) is 15.3 Å². The van der Waals surface area contributed by atoms with E-state index in [0.717, 1.165) is 0 Å². The lowest BCUT2D eigenvalue weighted by Gasteiger charge is -2.08. The average molecular weight is 158 g/mol. The first-order chi connectivity index (χ1) is 5.77. The van der Waals surface area contributed by atoms with Crippen LogP contribution in [0.1, 0.15) is 6.92 Å². The molecule has 0 saturated carbocycles. The molecule has 12 heavy (non-hydrogen) atoms. The second-order valence-corrected chi connectivity index (χ2v) is 2.20. The molecule has 0 aromatic heterocycles. The Bertz CT molecular complexity index is 345. The second kappa shape index (κ2) is 3.41.